The van der Waals surface area contributed by atoms with Gasteiger partial charge in [0.25, 0.3) is 5.91 Å². The Balaban J connectivity index is 1.51. The normalized spacial score (nSPS) is 16.2. The monoisotopic (exact) mass is 475 g/mol. The van der Waals surface area contributed by atoms with E-state index in [1.54, 1.807) is 12.1 Å². The third kappa shape index (κ3) is 4.45. The van der Waals surface area contributed by atoms with Crippen LogP contribution in [-0.4, -0.2) is 15.6 Å². The lowest BCUT2D eigenvalue weighted by Crippen LogP contribution is -2.19. The maximum Gasteiger partial charge on any atom is 0.264 e. The van der Waals surface area contributed by atoms with Crippen molar-refractivity contribution in [1.82, 2.24) is 9.88 Å². The van der Waals surface area contributed by atoms with Gasteiger partial charge in [-0.1, -0.05) is 41.9 Å². The summed E-state index contributed by atoms with van der Waals surface area (Å²) in [6.45, 7) is 2.76. The molecule has 1 saturated heterocycles. The highest BCUT2D eigenvalue weighted by Gasteiger charge is 2.25. The summed E-state index contributed by atoms with van der Waals surface area (Å²) in [7, 11) is 0. The van der Waals surface area contributed by atoms with Gasteiger partial charge in [0.1, 0.15) is 5.82 Å². The van der Waals surface area contributed by atoms with Crippen molar-refractivity contribution < 1.29 is 9.18 Å². The van der Waals surface area contributed by atoms with Crippen LogP contribution in [0.1, 0.15) is 16.8 Å². The van der Waals surface area contributed by atoms with Gasteiger partial charge < -0.3 is 9.88 Å². The summed E-state index contributed by atoms with van der Waals surface area (Å²) in [4.78, 5) is 17.6. The van der Waals surface area contributed by atoms with Crippen molar-refractivity contribution in [3.8, 4) is 0 Å². The van der Waals surface area contributed by atoms with Gasteiger partial charge in [-0.15, -0.1) is 0 Å². The van der Waals surface area contributed by atoms with Crippen molar-refractivity contribution in [2.75, 3.05) is 0 Å². The average Bonchev–Trinajstić information content (AvgIpc) is 3.29. The van der Waals surface area contributed by atoms with Crippen molar-refractivity contribution in [2.45, 2.75) is 13.5 Å². The number of thioether (sulfide) groups is 1. The van der Waals surface area contributed by atoms with Crippen molar-refractivity contribution in [1.29, 1.82) is 0 Å². The van der Waals surface area contributed by atoms with E-state index in [0.717, 1.165) is 27.7 Å². The van der Waals surface area contributed by atoms with Gasteiger partial charge in [-0.05, 0) is 72.8 Å². The van der Waals surface area contributed by atoms with Crippen LogP contribution in [-0.2, 0) is 11.3 Å². The number of amides is 1. The Morgan fingerprint density at radius 1 is 1.06 bits per heavy atom. The minimum Gasteiger partial charge on any atom is -0.340 e. The molecule has 0 unspecified atom stereocenters. The van der Waals surface area contributed by atoms with Gasteiger partial charge in [-0.25, -0.2) is 9.38 Å². The number of carbonyl (C=O) groups excluding carboxylic acids is 1. The first kappa shape index (κ1) is 21.5. The Morgan fingerprint density at radius 2 is 1.79 bits per heavy atom. The number of halogens is 2. The van der Waals surface area contributed by atoms with E-state index in [2.05, 4.69) is 33.9 Å². The summed E-state index contributed by atoms with van der Waals surface area (Å²) in [5.41, 5.74) is 4.89. The molecule has 0 atom stereocenters. The Hall–Kier alpha value is -3.35. The van der Waals surface area contributed by atoms with Crippen LogP contribution in [0.3, 0.4) is 0 Å². The average molecular weight is 476 g/mol. The second-order valence-electron chi connectivity index (χ2n) is 7.69. The summed E-state index contributed by atoms with van der Waals surface area (Å²) in [5, 5.41) is 5.06. The molecule has 0 bridgehead atoms. The highest BCUT2D eigenvalue weighted by molar-refractivity contribution is 8.18. The lowest BCUT2D eigenvalue weighted by Gasteiger charge is -2.09. The van der Waals surface area contributed by atoms with Gasteiger partial charge in [0.15, 0.2) is 5.17 Å². The van der Waals surface area contributed by atoms with Crippen molar-refractivity contribution in [3.63, 3.8) is 0 Å². The number of nitrogens with one attached hydrogen (secondary N) is 1. The molecule has 1 amide bonds. The van der Waals surface area contributed by atoms with Gasteiger partial charge in [-0.2, -0.15) is 0 Å². The maximum atomic E-state index is 13.1. The van der Waals surface area contributed by atoms with E-state index in [9.17, 15) is 9.18 Å². The first-order valence-electron chi connectivity index (χ1n) is 10.4. The highest BCUT2D eigenvalue weighted by Crippen LogP contribution is 2.33. The van der Waals surface area contributed by atoms with Crippen molar-refractivity contribution >= 4 is 57.1 Å². The van der Waals surface area contributed by atoms with E-state index in [1.165, 1.54) is 23.9 Å². The molecular formula is C26H19ClFN3OS. The van der Waals surface area contributed by atoms with Crippen LogP contribution < -0.4 is 5.32 Å². The predicted molar refractivity (Wildman–Crippen MR) is 134 cm³/mol. The molecule has 3 aromatic carbocycles. The van der Waals surface area contributed by atoms with Crippen LogP contribution >= 0.6 is 23.4 Å². The van der Waals surface area contributed by atoms with E-state index in [1.807, 2.05) is 42.5 Å². The first-order chi connectivity index (χ1) is 16.0. The third-order valence-corrected chi connectivity index (χ3v) is 6.68. The van der Waals surface area contributed by atoms with Gasteiger partial charge in [0, 0.05) is 33.7 Å². The number of nitrogens with zero attached hydrogens (tertiary/aromatic N) is 2. The van der Waals surface area contributed by atoms with Crippen LogP contribution in [0, 0.1) is 12.7 Å². The van der Waals surface area contributed by atoms with Crippen molar-refractivity contribution in [3.05, 3.63) is 105 Å². The number of aromatic nitrogens is 1. The first-order valence-corrected chi connectivity index (χ1v) is 11.5. The quantitative estimate of drug-likeness (QED) is 0.334. The summed E-state index contributed by atoms with van der Waals surface area (Å²) in [6.07, 6.45) is 1.92. The number of hydrogen-bond acceptors (Lipinski definition) is 3. The molecule has 0 radical (unpaired) electrons. The SMILES string of the molecule is Cc1c(/C=C2/SC(=Nc3ccc(F)cc3)NC2=O)c2ccccc2n1Cc1ccc(Cl)cc1. The summed E-state index contributed by atoms with van der Waals surface area (Å²) in [5.74, 6) is -0.525. The number of rotatable bonds is 4. The Kier molecular flexibility index (Phi) is 5.79. The second kappa shape index (κ2) is 8.89. The minimum atomic E-state index is -0.326. The Bertz CT molecular complexity index is 1420. The molecule has 7 heteroatoms. The zero-order valence-electron chi connectivity index (χ0n) is 17.7. The van der Waals surface area contributed by atoms with Crippen LogP contribution in [0.25, 0.3) is 17.0 Å². The van der Waals surface area contributed by atoms with Crippen LogP contribution in [0.4, 0.5) is 10.1 Å². The Labute approximate surface area is 199 Å². The molecule has 2 heterocycles. The molecule has 1 N–H and O–H groups in total. The van der Waals surface area contributed by atoms with E-state index >= 15 is 0 Å². The lowest BCUT2D eigenvalue weighted by molar-refractivity contribution is -0.115. The van der Waals surface area contributed by atoms with Gasteiger partial charge in [0.2, 0.25) is 0 Å². The fourth-order valence-electron chi connectivity index (χ4n) is 3.86. The fourth-order valence-corrected chi connectivity index (χ4v) is 4.81. The fraction of sp³-hybridized carbons (Fsp3) is 0.0769. The van der Waals surface area contributed by atoms with E-state index in [4.69, 9.17) is 11.6 Å². The molecule has 1 aromatic heterocycles. The minimum absolute atomic E-state index is 0.199. The molecule has 5 rings (SSSR count). The largest absolute Gasteiger partial charge is 0.340 e. The topological polar surface area (TPSA) is 46.4 Å². The second-order valence-corrected chi connectivity index (χ2v) is 9.15. The number of hydrogen-bond donors (Lipinski definition) is 1. The van der Waals surface area contributed by atoms with Crippen molar-refractivity contribution in [2.24, 2.45) is 4.99 Å². The summed E-state index contributed by atoms with van der Waals surface area (Å²) in [6, 6.07) is 21.8. The lowest BCUT2D eigenvalue weighted by atomic mass is 10.1. The molecule has 0 spiro atoms. The molecule has 0 saturated carbocycles. The zero-order valence-corrected chi connectivity index (χ0v) is 19.3. The van der Waals surface area contributed by atoms with Gasteiger partial charge in [0.05, 0.1) is 10.6 Å². The van der Waals surface area contributed by atoms with E-state index in [-0.39, 0.29) is 11.7 Å². The summed E-state index contributed by atoms with van der Waals surface area (Å²) < 4.78 is 15.4. The molecule has 164 valence electrons. The number of fused-ring (bicyclic) bond motifs is 1. The standard InChI is InChI=1S/C26H19ClFN3OS/c1-16-22(14-24-25(32)30-26(33-24)29-20-12-10-19(28)11-13-20)21-4-2-3-5-23(21)31(16)15-17-6-8-18(27)9-7-17/h2-14H,15H2,1H3,(H,29,30,32)/b24-14+. The predicted octanol–water partition coefficient (Wildman–Crippen LogP) is 6.68. The molecule has 1 fully saturated rings. The number of carbonyl (C=O) groups is 1. The molecule has 4 aromatic rings. The van der Waals surface area contributed by atoms with E-state index < -0.39 is 0 Å². The third-order valence-electron chi connectivity index (χ3n) is 5.52. The molecule has 4 nitrogen and oxygen atoms in total. The number of amidine groups is 1. The smallest absolute Gasteiger partial charge is 0.264 e. The van der Waals surface area contributed by atoms with Gasteiger partial charge in [-0.3, -0.25) is 4.79 Å². The highest BCUT2D eigenvalue weighted by atomic mass is 35.5. The Morgan fingerprint density at radius 3 is 2.55 bits per heavy atom. The zero-order chi connectivity index (χ0) is 22.9. The van der Waals surface area contributed by atoms with Crippen LogP contribution in [0.15, 0.2) is 82.7 Å². The molecule has 0 aliphatic carbocycles. The number of aliphatic imine (C=N–C) groups is 1. The van der Waals surface area contributed by atoms with E-state index in [0.29, 0.717) is 27.3 Å². The number of para-hydroxylation sites is 1. The molecular weight excluding hydrogens is 457 g/mol. The van der Waals surface area contributed by atoms with Gasteiger partial charge >= 0.3 is 0 Å². The molecule has 1 aliphatic heterocycles. The van der Waals surface area contributed by atoms with Crippen LogP contribution in [0.5, 0.6) is 0 Å². The van der Waals surface area contributed by atoms with Crippen LogP contribution in [0.2, 0.25) is 5.02 Å². The maximum absolute atomic E-state index is 13.1. The summed E-state index contributed by atoms with van der Waals surface area (Å²) >= 11 is 7.32. The molecule has 1 aliphatic rings. The molecule has 33 heavy (non-hydrogen) atoms. The number of benzene rings is 3.